The van der Waals surface area contributed by atoms with Crippen molar-refractivity contribution in [1.29, 1.82) is 0 Å². The van der Waals surface area contributed by atoms with Crippen LogP contribution in [-0.4, -0.2) is 0 Å². The molecule has 0 fully saturated rings. The number of aryl methyl sites for hydroxylation is 1. The van der Waals surface area contributed by atoms with Gasteiger partial charge in [0.05, 0.1) is 0 Å². The van der Waals surface area contributed by atoms with E-state index in [0.717, 1.165) is 0 Å². The molecule has 2 aliphatic carbocycles. The molecule has 0 spiro atoms. The Hall–Kier alpha value is -1.56. The Morgan fingerprint density at radius 3 is 2.61 bits per heavy atom. The van der Waals surface area contributed by atoms with Crippen LogP contribution in [0.2, 0.25) is 0 Å². The highest BCUT2D eigenvalue weighted by atomic mass is 14.3. The zero-order valence-corrected chi connectivity index (χ0v) is 10.7. The van der Waals surface area contributed by atoms with E-state index in [0.29, 0.717) is 0 Å². The molecule has 0 unspecified atom stereocenters. The first-order chi connectivity index (χ1) is 8.93. The van der Waals surface area contributed by atoms with E-state index in [4.69, 9.17) is 0 Å². The molecule has 0 nitrogen and oxygen atoms in total. The van der Waals surface area contributed by atoms with Crippen LogP contribution in [0.4, 0.5) is 0 Å². The number of benzene rings is 2. The summed E-state index contributed by atoms with van der Waals surface area (Å²) in [5.74, 6) is 0. The van der Waals surface area contributed by atoms with Crippen LogP contribution in [0.25, 0.3) is 16.3 Å². The van der Waals surface area contributed by atoms with E-state index in [1.54, 1.807) is 22.3 Å². The fourth-order valence-corrected chi connectivity index (χ4v) is 3.73. The third kappa shape index (κ3) is 1.45. The summed E-state index contributed by atoms with van der Waals surface area (Å²) in [6.07, 6.45) is 7.99. The van der Waals surface area contributed by atoms with Crippen LogP contribution in [0.3, 0.4) is 0 Å². The molecule has 0 bridgehead atoms. The van der Waals surface area contributed by atoms with Crippen molar-refractivity contribution in [3.8, 4) is 0 Å². The van der Waals surface area contributed by atoms with Gasteiger partial charge in [0.2, 0.25) is 0 Å². The molecule has 0 N–H and O–H groups in total. The molecule has 2 aromatic carbocycles. The smallest absolute Gasteiger partial charge is 0.0146 e. The SMILES string of the molecule is c1ccc2c3c(ccc2c1)C1=C(CCCC1)CC3. The van der Waals surface area contributed by atoms with E-state index in [-0.39, 0.29) is 0 Å². The van der Waals surface area contributed by atoms with Gasteiger partial charge in [-0.15, -0.1) is 0 Å². The third-order valence-corrected chi connectivity index (χ3v) is 4.62. The highest BCUT2D eigenvalue weighted by Crippen LogP contribution is 2.42. The Balaban J connectivity index is 1.99. The average molecular weight is 234 g/mol. The lowest BCUT2D eigenvalue weighted by Crippen LogP contribution is -2.09. The fourth-order valence-electron chi connectivity index (χ4n) is 3.73. The fraction of sp³-hybridized carbons (Fsp3) is 0.333. The van der Waals surface area contributed by atoms with Gasteiger partial charge in [-0.1, -0.05) is 42.0 Å². The Labute approximate surface area is 108 Å². The monoisotopic (exact) mass is 234 g/mol. The largest absolute Gasteiger partial charge is 0.0661 e. The second kappa shape index (κ2) is 3.98. The highest BCUT2D eigenvalue weighted by molar-refractivity contribution is 5.91. The topological polar surface area (TPSA) is 0 Å². The number of hydrogen-bond acceptors (Lipinski definition) is 0. The normalized spacial score (nSPS) is 18.7. The first kappa shape index (κ1) is 10.4. The van der Waals surface area contributed by atoms with E-state index in [2.05, 4.69) is 36.4 Å². The zero-order valence-electron chi connectivity index (χ0n) is 10.7. The highest BCUT2D eigenvalue weighted by Gasteiger charge is 2.22. The summed E-state index contributed by atoms with van der Waals surface area (Å²) in [4.78, 5) is 0. The van der Waals surface area contributed by atoms with E-state index in [1.165, 1.54) is 49.3 Å². The maximum Gasteiger partial charge on any atom is -0.0146 e. The Bertz CT molecular complexity index is 646. The van der Waals surface area contributed by atoms with Crippen molar-refractivity contribution in [2.45, 2.75) is 38.5 Å². The van der Waals surface area contributed by atoms with Crippen LogP contribution in [0, 0.1) is 0 Å². The molecule has 0 aliphatic heterocycles. The molecule has 2 aliphatic rings. The van der Waals surface area contributed by atoms with Crippen LogP contribution >= 0.6 is 0 Å². The van der Waals surface area contributed by atoms with Gasteiger partial charge in [0, 0.05) is 0 Å². The summed E-state index contributed by atoms with van der Waals surface area (Å²) in [5.41, 5.74) is 6.61. The number of hydrogen-bond donors (Lipinski definition) is 0. The lowest BCUT2D eigenvalue weighted by atomic mass is 9.77. The minimum atomic E-state index is 1.25. The van der Waals surface area contributed by atoms with E-state index < -0.39 is 0 Å². The van der Waals surface area contributed by atoms with Crippen LogP contribution in [0.1, 0.15) is 43.2 Å². The quantitative estimate of drug-likeness (QED) is 0.594. The molecule has 4 rings (SSSR count). The number of fused-ring (bicyclic) bond motifs is 4. The van der Waals surface area contributed by atoms with Gasteiger partial charge in [0.15, 0.2) is 0 Å². The molecular formula is C18H18. The van der Waals surface area contributed by atoms with Gasteiger partial charge in [-0.2, -0.15) is 0 Å². The van der Waals surface area contributed by atoms with E-state index >= 15 is 0 Å². The summed E-state index contributed by atoms with van der Waals surface area (Å²) in [5, 5.41) is 2.88. The van der Waals surface area contributed by atoms with Gasteiger partial charge in [-0.3, -0.25) is 0 Å². The van der Waals surface area contributed by atoms with E-state index in [9.17, 15) is 0 Å². The molecule has 18 heavy (non-hydrogen) atoms. The summed E-state index contributed by atoms with van der Waals surface area (Å²) in [7, 11) is 0. The minimum Gasteiger partial charge on any atom is -0.0661 e. The maximum absolute atomic E-state index is 2.37. The standard InChI is InChI=1S/C18H18/c1-3-7-15-13(5-1)9-11-18-16-8-4-2-6-14(16)10-12-17(15)18/h1,3,5,7,9,11H,2,4,6,8,10,12H2. The molecule has 0 heterocycles. The minimum absolute atomic E-state index is 1.25. The predicted octanol–water partition coefficient (Wildman–Crippen LogP) is 5.11. The lowest BCUT2D eigenvalue weighted by Gasteiger charge is -2.28. The van der Waals surface area contributed by atoms with Crippen molar-refractivity contribution in [3.63, 3.8) is 0 Å². The first-order valence-corrected chi connectivity index (χ1v) is 7.15. The summed E-state index contributed by atoms with van der Waals surface area (Å²) in [6.45, 7) is 0. The average Bonchev–Trinajstić information content (AvgIpc) is 2.46. The van der Waals surface area contributed by atoms with Crippen molar-refractivity contribution in [2.75, 3.05) is 0 Å². The molecule has 0 saturated carbocycles. The van der Waals surface area contributed by atoms with Crippen LogP contribution < -0.4 is 0 Å². The van der Waals surface area contributed by atoms with Gasteiger partial charge in [-0.05, 0) is 66.0 Å². The third-order valence-electron chi connectivity index (χ3n) is 4.62. The van der Waals surface area contributed by atoms with Crippen LogP contribution in [0.5, 0.6) is 0 Å². The van der Waals surface area contributed by atoms with Gasteiger partial charge >= 0.3 is 0 Å². The molecule has 90 valence electrons. The van der Waals surface area contributed by atoms with Crippen LogP contribution in [-0.2, 0) is 6.42 Å². The van der Waals surface area contributed by atoms with Gasteiger partial charge in [0.25, 0.3) is 0 Å². The van der Waals surface area contributed by atoms with Crippen molar-refractivity contribution in [2.24, 2.45) is 0 Å². The molecule has 0 atom stereocenters. The molecule has 0 amide bonds. The van der Waals surface area contributed by atoms with Crippen molar-refractivity contribution in [1.82, 2.24) is 0 Å². The van der Waals surface area contributed by atoms with Gasteiger partial charge in [-0.25, -0.2) is 0 Å². The van der Waals surface area contributed by atoms with E-state index in [1.807, 2.05) is 0 Å². The first-order valence-electron chi connectivity index (χ1n) is 7.15. The summed E-state index contributed by atoms with van der Waals surface area (Å²) in [6, 6.07) is 13.5. The molecule has 0 radical (unpaired) electrons. The second-order valence-electron chi connectivity index (χ2n) is 5.60. The van der Waals surface area contributed by atoms with Crippen molar-refractivity contribution >= 4 is 16.3 Å². The molecule has 0 saturated heterocycles. The predicted molar refractivity (Wildman–Crippen MR) is 77.7 cm³/mol. The summed E-state index contributed by atoms with van der Waals surface area (Å²) >= 11 is 0. The van der Waals surface area contributed by atoms with Crippen molar-refractivity contribution < 1.29 is 0 Å². The molecule has 2 aromatic rings. The molecule has 0 heteroatoms. The number of allylic oxidation sites excluding steroid dienone is 2. The molecular weight excluding hydrogens is 216 g/mol. The lowest BCUT2D eigenvalue weighted by molar-refractivity contribution is 0.676. The van der Waals surface area contributed by atoms with Crippen LogP contribution in [0.15, 0.2) is 42.0 Å². The zero-order chi connectivity index (χ0) is 11.9. The van der Waals surface area contributed by atoms with Crippen molar-refractivity contribution in [3.05, 3.63) is 53.1 Å². The molecule has 0 aromatic heterocycles. The maximum atomic E-state index is 2.37. The van der Waals surface area contributed by atoms with Gasteiger partial charge in [0.1, 0.15) is 0 Å². The summed E-state index contributed by atoms with van der Waals surface area (Å²) < 4.78 is 0. The number of rotatable bonds is 0. The Morgan fingerprint density at radius 1 is 0.722 bits per heavy atom. The van der Waals surface area contributed by atoms with Gasteiger partial charge < -0.3 is 0 Å². The Morgan fingerprint density at radius 2 is 1.61 bits per heavy atom. The second-order valence-corrected chi connectivity index (χ2v) is 5.60. The Kier molecular flexibility index (Phi) is 2.29.